The fourth-order valence-electron chi connectivity index (χ4n) is 5.61. The first-order valence-corrected chi connectivity index (χ1v) is 10.9. The molecule has 3 aliphatic rings. The number of fused-ring (bicyclic) bond motifs is 3. The van der Waals surface area contributed by atoms with Crippen LogP contribution < -0.4 is 9.64 Å². The standard InChI is InChI=1S/C24H23N3O6/c1-13-5-7-14(8-6-13)22(28)21-20-19(16-4-3-11-25(16)21)23(29)26(24(20)30)17-12-15(27(31)32)9-10-18(17)33-2/h5-10,12,16,19-21H,3-4,11H2,1-2H3/t16-,19+,20+,21-/m1/s1. The fraction of sp³-hybridized carbons (Fsp3) is 0.375. The van der Waals surface area contributed by atoms with Gasteiger partial charge in [0.1, 0.15) is 11.4 Å². The summed E-state index contributed by atoms with van der Waals surface area (Å²) < 4.78 is 5.31. The van der Waals surface area contributed by atoms with E-state index in [1.54, 1.807) is 12.1 Å². The molecule has 0 aromatic heterocycles. The summed E-state index contributed by atoms with van der Waals surface area (Å²) in [5.41, 5.74) is 1.31. The summed E-state index contributed by atoms with van der Waals surface area (Å²) in [5, 5.41) is 11.3. The average molecular weight is 449 g/mol. The molecule has 2 amide bonds. The van der Waals surface area contributed by atoms with E-state index in [4.69, 9.17) is 4.74 Å². The van der Waals surface area contributed by atoms with Gasteiger partial charge in [0.2, 0.25) is 11.8 Å². The van der Waals surface area contributed by atoms with Crippen molar-refractivity contribution in [3.8, 4) is 5.75 Å². The predicted molar refractivity (Wildman–Crippen MR) is 118 cm³/mol. The van der Waals surface area contributed by atoms with Gasteiger partial charge in [0.05, 0.1) is 29.9 Å². The molecule has 0 unspecified atom stereocenters. The normalized spacial score (nSPS) is 26.4. The Bertz CT molecular complexity index is 1180. The Morgan fingerprint density at radius 2 is 1.79 bits per heavy atom. The maximum absolute atomic E-state index is 13.7. The molecule has 5 rings (SSSR count). The zero-order chi connectivity index (χ0) is 23.4. The predicted octanol–water partition coefficient (Wildman–Crippen LogP) is 2.75. The number of anilines is 1. The van der Waals surface area contributed by atoms with Gasteiger partial charge in [0.15, 0.2) is 5.78 Å². The average Bonchev–Trinajstić information content (AvgIpc) is 3.45. The summed E-state index contributed by atoms with van der Waals surface area (Å²) in [6.07, 6.45) is 1.56. The lowest BCUT2D eigenvalue weighted by Gasteiger charge is -2.28. The fourth-order valence-corrected chi connectivity index (χ4v) is 5.61. The Morgan fingerprint density at radius 1 is 1.09 bits per heavy atom. The molecule has 33 heavy (non-hydrogen) atoms. The first-order chi connectivity index (χ1) is 15.8. The number of carbonyl (C=O) groups is 3. The van der Waals surface area contributed by atoms with E-state index in [-0.39, 0.29) is 28.9 Å². The highest BCUT2D eigenvalue weighted by Crippen LogP contribution is 2.50. The van der Waals surface area contributed by atoms with Crippen LogP contribution in [0, 0.1) is 28.9 Å². The summed E-state index contributed by atoms with van der Waals surface area (Å²) in [6.45, 7) is 2.58. The number of nitro groups is 1. The number of nitro benzene ring substituents is 1. The van der Waals surface area contributed by atoms with Crippen LogP contribution >= 0.6 is 0 Å². The molecule has 2 aromatic carbocycles. The van der Waals surface area contributed by atoms with E-state index < -0.39 is 34.6 Å². The zero-order valence-electron chi connectivity index (χ0n) is 18.3. The summed E-state index contributed by atoms with van der Waals surface area (Å²) in [6, 6.07) is 10.1. The number of imide groups is 1. The number of rotatable bonds is 5. The van der Waals surface area contributed by atoms with Gasteiger partial charge in [-0.25, -0.2) is 4.90 Å². The molecule has 9 heteroatoms. The van der Waals surface area contributed by atoms with E-state index in [1.165, 1.54) is 25.3 Å². The van der Waals surface area contributed by atoms with Crippen molar-refractivity contribution in [2.24, 2.45) is 11.8 Å². The molecule has 0 saturated carbocycles. The van der Waals surface area contributed by atoms with Crippen molar-refractivity contribution in [2.45, 2.75) is 31.8 Å². The van der Waals surface area contributed by atoms with Crippen LogP contribution in [0.25, 0.3) is 0 Å². The van der Waals surface area contributed by atoms with Crippen molar-refractivity contribution < 1.29 is 24.0 Å². The zero-order valence-corrected chi connectivity index (χ0v) is 18.3. The van der Waals surface area contributed by atoms with Gasteiger partial charge in [0, 0.05) is 23.7 Å². The Balaban J connectivity index is 1.58. The molecule has 4 atom stereocenters. The summed E-state index contributed by atoms with van der Waals surface area (Å²) in [7, 11) is 1.37. The molecule has 3 aliphatic heterocycles. The Morgan fingerprint density at radius 3 is 2.45 bits per heavy atom. The second kappa shape index (κ2) is 7.77. The monoisotopic (exact) mass is 449 g/mol. The van der Waals surface area contributed by atoms with Gasteiger partial charge < -0.3 is 4.74 Å². The molecule has 0 spiro atoms. The van der Waals surface area contributed by atoms with E-state index in [1.807, 2.05) is 24.0 Å². The number of hydrogen-bond acceptors (Lipinski definition) is 7. The van der Waals surface area contributed by atoms with Crippen LogP contribution in [-0.4, -0.2) is 53.2 Å². The second-order valence-corrected chi connectivity index (χ2v) is 8.80. The first kappa shape index (κ1) is 21.3. The van der Waals surface area contributed by atoms with Gasteiger partial charge in [-0.3, -0.25) is 29.4 Å². The molecule has 3 heterocycles. The molecule has 170 valence electrons. The number of carbonyl (C=O) groups excluding carboxylic acids is 3. The van der Waals surface area contributed by atoms with E-state index in [0.717, 1.165) is 23.3 Å². The quantitative estimate of drug-likeness (QED) is 0.299. The van der Waals surface area contributed by atoms with Crippen molar-refractivity contribution in [1.82, 2.24) is 4.90 Å². The first-order valence-electron chi connectivity index (χ1n) is 10.9. The van der Waals surface area contributed by atoms with Crippen LogP contribution in [0.15, 0.2) is 42.5 Å². The number of amides is 2. The lowest BCUT2D eigenvalue weighted by atomic mass is 9.85. The third-order valence-corrected chi connectivity index (χ3v) is 7.07. The van der Waals surface area contributed by atoms with Gasteiger partial charge in [-0.1, -0.05) is 29.8 Å². The molecular weight excluding hydrogens is 426 g/mol. The number of methoxy groups -OCH3 is 1. The van der Waals surface area contributed by atoms with Crippen molar-refractivity contribution in [2.75, 3.05) is 18.6 Å². The maximum atomic E-state index is 13.7. The number of nitrogens with zero attached hydrogens (tertiary/aromatic N) is 3. The third kappa shape index (κ3) is 3.14. The van der Waals surface area contributed by atoms with Gasteiger partial charge >= 0.3 is 0 Å². The van der Waals surface area contributed by atoms with Crippen molar-refractivity contribution >= 4 is 29.0 Å². The number of aryl methyl sites for hydroxylation is 1. The molecule has 0 aliphatic carbocycles. The second-order valence-electron chi connectivity index (χ2n) is 8.80. The third-order valence-electron chi connectivity index (χ3n) is 7.07. The highest BCUT2D eigenvalue weighted by molar-refractivity contribution is 6.25. The number of Topliss-reactive ketones (excluding diaryl/α,β-unsaturated/α-hetero) is 1. The molecule has 3 saturated heterocycles. The summed E-state index contributed by atoms with van der Waals surface area (Å²) in [4.78, 5) is 54.6. The van der Waals surface area contributed by atoms with Gasteiger partial charge in [0.25, 0.3) is 5.69 Å². The van der Waals surface area contributed by atoms with Crippen LogP contribution in [0.2, 0.25) is 0 Å². The minimum Gasteiger partial charge on any atom is -0.495 e. The molecule has 9 nitrogen and oxygen atoms in total. The number of non-ortho nitro benzene ring substituents is 1. The number of ether oxygens (including phenoxy) is 1. The van der Waals surface area contributed by atoms with Crippen LogP contribution in [0.3, 0.4) is 0 Å². The molecule has 3 fully saturated rings. The highest BCUT2D eigenvalue weighted by Gasteiger charge is 2.65. The Hall–Kier alpha value is -3.59. The Kier molecular flexibility index (Phi) is 5.01. The smallest absolute Gasteiger partial charge is 0.271 e. The van der Waals surface area contributed by atoms with Gasteiger partial charge in [-0.15, -0.1) is 0 Å². The lowest BCUT2D eigenvalue weighted by Crippen LogP contribution is -2.46. The minimum absolute atomic E-state index is 0.0437. The summed E-state index contributed by atoms with van der Waals surface area (Å²) >= 11 is 0. The van der Waals surface area contributed by atoms with E-state index in [2.05, 4.69) is 0 Å². The molecule has 0 bridgehead atoms. The summed E-state index contributed by atoms with van der Waals surface area (Å²) in [5.74, 6) is -2.43. The van der Waals surface area contributed by atoms with Gasteiger partial charge in [-0.2, -0.15) is 0 Å². The van der Waals surface area contributed by atoms with Crippen LogP contribution in [0.1, 0.15) is 28.8 Å². The van der Waals surface area contributed by atoms with Crippen LogP contribution in [-0.2, 0) is 9.59 Å². The van der Waals surface area contributed by atoms with Crippen molar-refractivity contribution in [1.29, 1.82) is 0 Å². The molecule has 0 radical (unpaired) electrons. The minimum atomic E-state index is -0.833. The maximum Gasteiger partial charge on any atom is 0.271 e. The number of benzene rings is 2. The highest BCUT2D eigenvalue weighted by atomic mass is 16.6. The van der Waals surface area contributed by atoms with E-state index in [9.17, 15) is 24.5 Å². The van der Waals surface area contributed by atoms with Crippen molar-refractivity contribution in [3.63, 3.8) is 0 Å². The van der Waals surface area contributed by atoms with Crippen molar-refractivity contribution in [3.05, 3.63) is 63.7 Å². The van der Waals surface area contributed by atoms with E-state index in [0.29, 0.717) is 12.1 Å². The van der Waals surface area contributed by atoms with Crippen LogP contribution in [0.4, 0.5) is 11.4 Å². The largest absolute Gasteiger partial charge is 0.495 e. The Labute approximate surface area is 190 Å². The molecular formula is C24H23N3O6. The molecule has 2 aromatic rings. The topological polar surface area (TPSA) is 110 Å². The lowest BCUT2D eigenvalue weighted by molar-refractivity contribution is -0.384. The van der Waals surface area contributed by atoms with E-state index >= 15 is 0 Å². The number of ketones is 1. The number of hydrogen-bond donors (Lipinski definition) is 0. The van der Waals surface area contributed by atoms with Gasteiger partial charge in [-0.05, 0) is 32.4 Å². The molecule has 0 N–H and O–H groups in total. The SMILES string of the molecule is COc1ccc([N+](=O)[O-])cc1N1C(=O)[C@@H]2[C@H](C1=O)[C@H](C(=O)c1ccc(C)cc1)N1CCC[C@H]21. The van der Waals surface area contributed by atoms with Crippen LogP contribution in [0.5, 0.6) is 5.75 Å².